The molecule has 2 aromatic rings. The molecule has 2 fully saturated rings. The van der Waals surface area contributed by atoms with E-state index in [-0.39, 0.29) is 16.7 Å². The first kappa shape index (κ1) is 13.2. The maximum absolute atomic E-state index is 12.7. The number of pyridine rings is 1. The van der Waals surface area contributed by atoms with Crippen LogP contribution in [0.15, 0.2) is 20.3 Å². The third-order valence-electron chi connectivity index (χ3n) is 4.76. The van der Waals surface area contributed by atoms with Gasteiger partial charge in [-0.25, -0.2) is 4.98 Å². The van der Waals surface area contributed by atoms with E-state index in [9.17, 15) is 9.59 Å². The number of fused-ring (bicyclic) bond motifs is 3. The topological polar surface area (TPSA) is 71.0 Å². The summed E-state index contributed by atoms with van der Waals surface area (Å²) in [6, 6.07) is 0. The molecule has 0 amide bonds. The third-order valence-corrected chi connectivity index (χ3v) is 5.48. The molecule has 0 unspecified atom stereocenters. The number of nitrogens with zero attached hydrogens (tertiary/aromatic N) is 3. The van der Waals surface area contributed by atoms with E-state index in [1.54, 1.807) is 17.7 Å². The zero-order valence-electron chi connectivity index (χ0n) is 11.6. The first-order valence-corrected chi connectivity index (χ1v) is 7.84. The Morgan fingerprint density at radius 1 is 1.33 bits per heavy atom. The normalized spacial score (nSPS) is 27.6. The molecule has 6 nitrogen and oxygen atoms in total. The second-order valence-electron chi connectivity index (χ2n) is 6.03. The Labute approximate surface area is 128 Å². The summed E-state index contributed by atoms with van der Waals surface area (Å²) in [6.45, 7) is 4.64. The number of aromatic amines is 1. The van der Waals surface area contributed by atoms with Crippen LogP contribution in [0.3, 0.4) is 0 Å². The summed E-state index contributed by atoms with van der Waals surface area (Å²) in [6.07, 6.45) is 3.62. The van der Waals surface area contributed by atoms with Crippen LogP contribution in [0, 0.1) is 6.92 Å². The second-order valence-corrected chi connectivity index (χ2v) is 6.83. The fourth-order valence-corrected chi connectivity index (χ4v) is 4.14. The van der Waals surface area contributed by atoms with Crippen LogP contribution in [0.4, 0.5) is 0 Å². The summed E-state index contributed by atoms with van der Waals surface area (Å²) in [5.74, 6) is 0.511. The summed E-state index contributed by atoms with van der Waals surface area (Å²) in [5.41, 5.74) is -0.00724. The minimum Gasteiger partial charge on any atom is -0.310 e. The Hall–Kier alpha value is -1.47. The van der Waals surface area contributed by atoms with E-state index in [4.69, 9.17) is 0 Å². The fraction of sp³-hybridized carbons (Fsp3) is 0.500. The van der Waals surface area contributed by atoms with Gasteiger partial charge in [-0.15, -0.1) is 0 Å². The zero-order chi connectivity index (χ0) is 14.8. The Kier molecular flexibility index (Phi) is 2.68. The molecular weight excluding hydrogens is 336 g/mol. The molecule has 21 heavy (non-hydrogen) atoms. The highest BCUT2D eigenvalue weighted by atomic mass is 79.9. The van der Waals surface area contributed by atoms with E-state index in [1.807, 2.05) is 0 Å². The van der Waals surface area contributed by atoms with Crippen molar-refractivity contribution in [3.8, 4) is 0 Å². The SMILES string of the molecule is Cc1nc2c(Br)c(=O)n(C34CCN(CC3)C4)cc2c(=O)[nH]1. The van der Waals surface area contributed by atoms with Crippen molar-refractivity contribution in [1.82, 2.24) is 19.4 Å². The predicted octanol–water partition coefficient (Wildman–Crippen LogP) is 0.960. The van der Waals surface area contributed by atoms with E-state index in [1.165, 1.54) is 0 Å². The van der Waals surface area contributed by atoms with Gasteiger partial charge in [0.2, 0.25) is 0 Å². The average Bonchev–Trinajstić information content (AvgIpc) is 3.04. The lowest BCUT2D eigenvalue weighted by atomic mass is 9.94. The highest BCUT2D eigenvalue weighted by molar-refractivity contribution is 9.10. The Morgan fingerprint density at radius 3 is 2.67 bits per heavy atom. The molecule has 7 heteroatoms. The van der Waals surface area contributed by atoms with Gasteiger partial charge < -0.3 is 14.5 Å². The standard InChI is InChI=1S/C14H15BrN4O2/c1-8-16-11-9(12(20)17-8)6-19(13(21)10(11)15)14-2-4-18(7-14)5-3-14/h6H,2-5,7H2,1H3,(H,16,17,20). The van der Waals surface area contributed by atoms with Crippen molar-refractivity contribution in [2.45, 2.75) is 25.3 Å². The van der Waals surface area contributed by atoms with E-state index in [2.05, 4.69) is 30.8 Å². The Morgan fingerprint density at radius 2 is 2.05 bits per heavy atom. The number of piperidine rings is 1. The lowest BCUT2D eigenvalue weighted by molar-refractivity contribution is 0.307. The molecule has 2 aromatic heterocycles. The number of hydrogen-bond acceptors (Lipinski definition) is 4. The molecule has 0 aliphatic carbocycles. The number of hydrogen-bond donors (Lipinski definition) is 1. The van der Waals surface area contributed by atoms with Gasteiger partial charge in [-0.3, -0.25) is 9.59 Å². The van der Waals surface area contributed by atoms with Gasteiger partial charge in [0.25, 0.3) is 11.1 Å². The summed E-state index contributed by atoms with van der Waals surface area (Å²) < 4.78 is 2.15. The monoisotopic (exact) mass is 350 g/mol. The molecule has 2 bridgehead atoms. The first-order chi connectivity index (χ1) is 10.00. The van der Waals surface area contributed by atoms with Gasteiger partial charge in [-0.1, -0.05) is 0 Å². The second kappa shape index (κ2) is 4.27. The van der Waals surface area contributed by atoms with Gasteiger partial charge in [0.05, 0.1) is 16.4 Å². The Balaban J connectivity index is 2.06. The smallest absolute Gasteiger partial charge is 0.267 e. The molecule has 0 radical (unpaired) electrons. The first-order valence-electron chi connectivity index (χ1n) is 7.05. The lowest BCUT2D eigenvalue weighted by Crippen LogP contribution is -2.41. The number of halogens is 1. The highest BCUT2D eigenvalue weighted by Crippen LogP contribution is 2.38. The maximum atomic E-state index is 12.7. The molecule has 1 N–H and O–H groups in total. The van der Waals surface area contributed by atoms with Crippen molar-refractivity contribution in [3.63, 3.8) is 0 Å². The minimum atomic E-state index is -0.198. The van der Waals surface area contributed by atoms with Crippen LogP contribution in [0.1, 0.15) is 18.7 Å². The molecule has 4 heterocycles. The molecule has 2 aliphatic rings. The van der Waals surface area contributed by atoms with Gasteiger partial charge in [-0.05, 0) is 35.7 Å². The van der Waals surface area contributed by atoms with Gasteiger partial charge >= 0.3 is 0 Å². The van der Waals surface area contributed by atoms with Crippen LogP contribution >= 0.6 is 15.9 Å². The van der Waals surface area contributed by atoms with Crippen molar-refractivity contribution in [1.29, 1.82) is 0 Å². The number of rotatable bonds is 1. The summed E-state index contributed by atoms with van der Waals surface area (Å²) >= 11 is 3.35. The van der Waals surface area contributed by atoms with Crippen molar-refractivity contribution in [2.75, 3.05) is 19.6 Å². The van der Waals surface area contributed by atoms with Crippen LogP contribution in [0.2, 0.25) is 0 Å². The zero-order valence-corrected chi connectivity index (χ0v) is 13.2. The van der Waals surface area contributed by atoms with Crippen molar-refractivity contribution in [3.05, 3.63) is 37.2 Å². The fourth-order valence-electron chi connectivity index (χ4n) is 3.65. The number of aryl methyl sites for hydroxylation is 1. The number of aromatic nitrogens is 3. The van der Waals surface area contributed by atoms with Crippen LogP contribution in [0.5, 0.6) is 0 Å². The van der Waals surface area contributed by atoms with Crippen LogP contribution < -0.4 is 11.1 Å². The number of nitrogens with one attached hydrogen (secondary N) is 1. The largest absolute Gasteiger partial charge is 0.310 e. The van der Waals surface area contributed by atoms with Crippen molar-refractivity contribution < 1.29 is 0 Å². The molecule has 4 rings (SSSR count). The molecular formula is C14H15BrN4O2. The van der Waals surface area contributed by atoms with Crippen molar-refractivity contribution in [2.24, 2.45) is 0 Å². The molecule has 110 valence electrons. The molecule has 2 saturated heterocycles. The van der Waals surface area contributed by atoms with Gasteiger partial charge in [0, 0.05) is 25.8 Å². The van der Waals surface area contributed by atoms with E-state index in [0.717, 1.165) is 32.5 Å². The number of H-pyrrole nitrogens is 1. The molecule has 0 atom stereocenters. The highest BCUT2D eigenvalue weighted by Gasteiger charge is 2.45. The van der Waals surface area contributed by atoms with Gasteiger partial charge in [0.1, 0.15) is 10.3 Å². The quantitative estimate of drug-likeness (QED) is 0.831. The van der Waals surface area contributed by atoms with Crippen LogP contribution in [-0.4, -0.2) is 39.1 Å². The molecule has 0 spiro atoms. The summed E-state index contributed by atoms with van der Waals surface area (Å²) in [5, 5.41) is 0.465. The summed E-state index contributed by atoms with van der Waals surface area (Å²) in [4.78, 5) is 34.3. The van der Waals surface area contributed by atoms with Crippen LogP contribution in [-0.2, 0) is 5.54 Å². The van der Waals surface area contributed by atoms with Crippen molar-refractivity contribution >= 4 is 26.8 Å². The van der Waals surface area contributed by atoms with E-state index >= 15 is 0 Å². The lowest BCUT2D eigenvalue weighted by Gasteiger charge is -2.28. The van der Waals surface area contributed by atoms with Crippen LogP contribution in [0.25, 0.3) is 10.9 Å². The van der Waals surface area contributed by atoms with Gasteiger partial charge in [-0.2, -0.15) is 0 Å². The van der Waals surface area contributed by atoms with Gasteiger partial charge in [0.15, 0.2) is 0 Å². The third kappa shape index (κ3) is 1.77. The Bertz CT molecular complexity index is 862. The van der Waals surface area contributed by atoms with E-state index in [0.29, 0.717) is 21.2 Å². The average molecular weight is 351 g/mol. The molecule has 0 aromatic carbocycles. The summed E-state index contributed by atoms with van der Waals surface area (Å²) in [7, 11) is 0. The van der Waals surface area contributed by atoms with E-state index < -0.39 is 0 Å². The maximum Gasteiger partial charge on any atom is 0.267 e. The minimum absolute atomic E-state index is 0.0937. The molecule has 0 saturated carbocycles. The predicted molar refractivity (Wildman–Crippen MR) is 82.7 cm³/mol. The molecule has 2 aliphatic heterocycles.